The third-order valence-electron chi connectivity index (χ3n) is 4.86. The lowest BCUT2D eigenvalue weighted by atomic mass is 10.2. The molecule has 0 aliphatic carbocycles. The van der Waals surface area contributed by atoms with Crippen molar-refractivity contribution >= 4 is 35.8 Å². The molecule has 0 unspecified atom stereocenters. The number of pyridine rings is 1. The average molecular weight is 530 g/mol. The van der Waals surface area contributed by atoms with Gasteiger partial charge in [-0.1, -0.05) is 0 Å². The second-order valence-electron chi connectivity index (χ2n) is 7.10. The highest BCUT2D eigenvalue weighted by atomic mass is 127. The van der Waals surface area contributed by atoms with Crippen LogP contribution in [0.3, 0.4) is 0 Å². The van der Waals surface area contributed by atoms with E-state index in [4.69, 9.17) is 0 Å². The number of hydrogen-bond acceptors (Lipinski definition) is 4. The van der Waals surface area contributed by atoms with Gasteiger partial charge in [-0.15, -0.1) is 24.0 Å². The van der Waals surface area contributed by atoms with Crippen molar-refractivity contribution in [3.63, 3.8) is 0 Å². The predicted octanol–water partition coefficient (Wildman–Crippen LogP) is 2.98. The van der Waals surface area contributed by atoms with Crippen LogP contribution in [-0.4, -0.2) is 55.6 Å². The van der Waals surface area contributed by atoms with Crippen LogP contribution in [0.1, 0.15) is 18.1 Å². The van der Waals surface area contributed by atoms with E-state index in [2.05, 4.69) is 43.5 Å². The number of guanidine groups is 1. The van der Waals surface area contributed by atoms with Gasteiger partial charge in [0, 0.05) is 51.0 Å². The summed E-state index contributed by atoms with van der Waals surface area (Å²) in [5.74, 6) is 0.610. The molecule has 1 aromatic carbocycles. The molecule has 6 nitrogen and oxygen atoms in total. The Labute approximate surface area is 193 Å². The van der Waals surface area contributed by atoms with Gasteiger partial charge in [0.05, 0.1) is 6.54 Å². The van der Waals surface area contributed by atoms with Crippen molar-refractivity contribution in [1.82, 2.24) is 20.5 Å². The standard InChI is InChI=1S/C21H28F2N6.HI/c1-3-24-21(27-15-17-13-18(22)4-5-19(17)23)26-14-16-6-7-25-20(12-16)29-10-8-28(2)9-11-29;/h4-7,12-13H,3,8-11,14-15H2,1-2H3,(H2,24,26,27);1H. The number of piperazine rings is 1. The lowest BCUT2D eigenvalue weighted by Gasteiger charge is -2.33. The van der Waals surface area contributed by atoms with Crippen LogP contribution in [-0.2, 0) is 13.1 Å². The smallest absolute Gasteiger partial charge is 0.191 e. The fourth-order valence-corrected chi connectivity index (χ4v) is 3.14. The molecular weight excluding hydrogens is 501 g/mol. The van der Waals surface area contributed by atoms with Crippen LogP contribution in [0.4, 0.5) is 14.6 Å². The minimum Gasteiger partial charge on any atom is -0.357 e. The van der Waals surface area contributed by atoms with E-state index in [1.807, 2.05) is 13.0 Å². The molecule has 0 atom stereocenters. The Morgan fingerprint density at radius 2 is 1.87 bits per heavy atom. The summed E-state index contributed by atoms with van der Waals surface area (Å²) in [4.78, 5) is 13.7. The van der Waals surface area contributed by atoms with E-state index < -0.39 is 11.6 Å². The second-order valence-corrected chi connectivity index (χ2v) is 7.10. The number of anilines is 1. The van der Waals surface area contributed by atoms with Gasteiger partial charge in [0.15, 0.2) is 5.96 Å². The molecule has 1 aliphatic rings. The van der Waals surface area contributed by atoms with Crippen molar-refractivity contribution in [3.05, 3.63) is 59.3 Å². The molecule has 1 aromatic heterocycles. The van der Waals surface area contributed by atoms with Gasteiger partial charge >= 0.3 is 0 Å². The first-order valence-corrected chi connectivity index (χ1v) is 9.89. The Hall–Kier alpha value is -2.01. The van der Waals surface area contributed by atoms with Crippen LogP contribution in [0.15, 0.2) is 41.5 Å². The van der Waals surface area contributed by atoms with Gasteiger partial charge in [-0.25, -0.2) is 18.8 Å². The highest BCUT2D eigenvalue weighted by molar-refractivity contribution is 14.0. The van der Waals surface area contributed by atoms with Crippen molar-refractivity contribution < 1.29 is 8.78 Å². The van der Waals surface area contributed by atoms with Gasteiger partial charge in [0.2, 0.25) is 0 Å². The summed E-state index contributed by atoms with van der Waals surface area (Å²) in [6.45, 7) is 7.20. The summed E-state index contributed by atoms with van der Waals surface area (Å²) in [6.07, 6.45) is 1.81. The number of hydrogen-bond donors (Lipinski definition) is 2. The fourth-order valence-electron chi connectivity index (χ4n) is 3.14. The average Bonchev–Trinajstić information content (AvgIpc) is 2.73. The van der Waals surface area contributed by atoms with Crippen molar-refractivity contribution in [1.29, 1.82) is 0 Å². The number of halogens is 3. The van der Waals surface area contributed by atoms with Gasteiger partial charge in [0.25, 0.3) is 0 Å². The van der Waals surface area contributed by atoms with E-state index in [1.165, 1.54) is 6.07 Å². The first kappa shape index (κ1) is 24.3. The molecule has 1 aliphatic heterocycles. The molecule has 9 heteroatoms. The molecule has 1 fully saturated rings. The Morgan fingerprint density at radius 3 is 2.60 bits per heavy atom. The Kier molecular flexibility index (Phi) is 9.70. The van der Waals surface area contributed by atoms with E-state index in [0.717, 1.165) is 49.7 Å². The Bertz CT molecular complexity index is 840. The van der Waals surface area contributed by atoms with Gasteiger partial charge < -0.3 is 20.4 Å². The summed E-state index contributed by atoms with van der Waals surface area (Å²) in [7, 11) is 2.13. The molecule has 30 heavy (non-hydrogen) atoms. The molecule has 2 aromatic rings. The number of nitrogens with zero attached hydrogens (tertiary/aromatic N) is 4. The number of aromatic nitrogens is 1. The summed E-state index contributed by atoms with van der Waals surface area (Å²) in [5.41, 5.74) is 1.31. The van der Waals surface area contributed by atoms with Crippen LogP contribution >= 0.6 is 24.0 Å². The maximum Gasteiger partial charge on any atom is 0.191 e. The molecule has 0 amide bonds. The zero-order chi connectivity index (χ0) is 20.6. The van der Waals surface area contributed by atoms with E-state index in [1.54, 1.807) is 6.20 Å². The molecule has 2 heterocycles. The van der Waals surface area contributed by atoms with Crippen molar-refractivity contribution in [3.8, 4) is 0 Å². The fraction of sp³-hybridized carbons (Fsp3) is 0.429. The third kappa shape index (κ3) is 7.05. The summed E-state index contributed by atoms with van der Waals surface area (Å²) in [6, 6.07) is 7.44. The van der Waals surface area contributed by atoms with E-state index in [-0.39, 0.29) is 36.1 Å². The van der Waals surface area contributed by atoms with Crippen LogP contribution < -0.4 is 15.5 Å². The van der Waals surface area contributed by atoms with Crippen LogP contribution in [0, 0.1) is 11.6 Å². The van der Waals surface area contributed by atoms with Gasteiger partial charge in [-0.05, 0) is 49.9 Å². The highest BCUT2D eigenvalue weighted by Gasteiger charge is 2.15. The highest BCUT2D eigenvalue weighted by Crippen LogP contribution is 2.15. The summed E-state index contributed by atoms with van der Waals surface area (Å²) in [5, 5.41) is 6.19. The molecule has 3 rings (SSSR count). The number of aliphatic imine (C=N–C) groups is 1. The minimum atomic E-state index is -0.460. The molecule has 2 N–H and O–H groups in total. The van der Waals surface area contributed by atoms with Gasteiger partial charge in [-0.2, -0.15) is 0 Å². The molecular formula is C21H29F2IN6. The first-order valence-electron chi connectivity index (χ1n) is 9.89. The third-order valence-corrected chi connectivity index (χ3v) is 4.86. The lowest BCUT2D eigenvalue weighted by Crippen LogP contribution is -2.44. The van der Waals surface area contributed by atoms with Crippen LogP contribution in [0.5, 0.6) is 0 Å². The maximum atomic E-state index is 13.8. The Balaban J connectivity index is 0.00000320. The lowest BCUT2D eigenvalue weighted by molar-refractivity contribution is 0.312. The number of benzene rings is 1. The van der Waals surface area contributed by atoms with Gasteiger partial charge in [-0.3, -0.25) is 0 Å². The van der Waals surface area contributed by atoms with Crippen LogP contribution in [0.2, 0.25) is 0 Å². The van der Waals surface area contributed by atoms with Gasteiger partial charge in [0.1, 0.15) is 17.5 Å². The predicted molar refractivity (Wildman–Crippen MR) is 127 cm³/mol. The summed E-state index contributed by atoms with van der Waals surface area (Å²) >= 11 is 0. The minimum absolute atomic E-state index is 0. The van der Waals surface area contributed by atoms with Crippen molar-refractivity contribution in [2.45, 2.75) is 20.0 Å². The van der Waals surface area contributed by atoms with E-state index >= 15 is 0 Å². The molecule has 1 saturated heterocycles. The number of nitrogens with one attached hydrogen (secondary N) is 2. The SMILES string of the molecule is CCNC(=NCc1ccnc(N2CCN(C)CC2)c1)NCc1cc(F)ccc1F.I. The quantitative estimate of drug-likeness (QED) is 0.342. The maximum absolute atomic E-state index is 13.8. The largest absolute Gasteiger partial charge is 0.357 e. The molecule has 164 valence electrons. The zero-order valence-electron chi connectivity index (χ0n) is 17.4. The monoisotopic (exact) mass is 530 g/mol. The normalized spacial score (nSPS) is 14.9. The first-order chi connectivity index (χ1) is 14.0. The molecule has 0 radical (unpaired) electrons. The number of rotatable bonds is 6. The van der Waals surface area contributed by atoms with Crippen molar-refractivity contribution in [2.75, 3.05) is 44.7 Å². The van der Waals surface area contributed by atoms with E-state index in [0.29, 0.717) is 19.0 Å². The topological polar surface area (TPSA) is 55.8 Å². The molecule has 0 spiro atoms. The molecule has 0 bridgehead atoms. The van der Waals surface area contributed by atoms with Crippen molar-refractivity contribution in [2.24, 2.45) is 4.99 Å². The Morgan fingerprint density at radius 1 is 1.10 bits per heavy atom. The number of likely N-dealkylation sites (N-methyl/N-ethyl adjacent to an activating group) is 1. The van der Waals surface area contributed by atoms with Crippen LogP contribution in [0.25, 0.3) is 0 Å². The molecule has 0 saturated carbocycles. The summed E-state index contributed by atoms with van der Waals surface area (Å²) < 4.78 is 27.2. The zero-order valence-corrected chi connectivity index (χ0v) is 19.7. The second kappa shape index (κ2) is 12.0. The van der Waals surface area contributed by atoms with E-state index in [9.17, 15) is 8.78 Å².